The molecular weight excluding hydrogens is 786 g/mol. The van der Waals surface area contributed by atoms with Crippen molar-refractivity contribution in [1.82, 2.24) is 25.5 Å². The van der Waals surface area contributed by atoms with Crippen LogP contribution in [0.3, 0.4) is 0 Å². The maximum atomic E-state index is 14.4. The van der Waals surface area contributed by atoms with Crippen molar-refractivity contribution in [2.24, 2.45) is 27.0 Å². The van der Waals surface area contributed by atoms with Crippen molar-refractivity contribution in [3.05, 3.63) is 64.7 Å². The minimum absolute atomic E-state index is 0.0574. The van der Waals surface area contributed by atoms with Gasteiger partial charge < -0.3 is 41.3 Å². The van der Waals surface area contributed by atoms with Crippen molar-refractivity contribution in [3.63, 3.8) is 0 Å². The number of halogens is 1. The van der Waals surface area contributed by atoms with Crippen LogP contribution >= 0.6 is 11.3 Å². The smallest absolute Gasteiger partial charge is 0.355 e. The first kappa shape index (κ1) is 42.1. The highest BCUT2D eigenvalue weighted by Gasteiger charge is 2.66. The molecule has 320 valence electrons. The maximum absolute atomic E-state index is 14.4. The lowest BCUT2D eigenvalue weighted by atomic mass is 9.39. The Morgan fingerprint density at radius 1 is 1.10 bits per heavy atom. The number of carboxylic acids is 1. The Hall–Kier alpha value is -4.61. The molecule has 1 aliphatic heterocycles. The van der Waals surface area contributed by atoms with Gasteiger partial charge in [-0.2, -0.15) is 0 Å². The maximum Gasteiger partial charge on any atom is 0.355 e. The summed E-state index contributed by atoms with van der Waals surface area (Å²) >= 11 is 1.21. The normalized spacial score (nSPS) is 26.8. The Morgan fingerprint density at radius 3 is 2.60 bits per heavy atom. The number of fused-ring (bicyclic) bond motifs is 2. The minimum atomic E-state index is -1.18. The molecule has 0 radical (unpaired) electrons. The van der Waals surface area contributed by atoms with Crippen LogP contribution in [0.4, 0.5) is 27.0 Å². The van der Waals surface area contributed by atoms with Gasteiger partial charge in [0.15, 0.2) is 22.5 Å². The molecule has 4 aliphatic carbocycles. The van der Waals surface area contributed by atoms with E-state index < -0.39 is 12.1 Å². The third-order valence-electron chi connectivity index (χ3n) is 13.0. The molecule has 3 atom stereocenters. The van der Waals surface area contributed by atoms with Crippen molar-refractivity contribution in [2.75, 3.05) is 49.6 Å². The number of nitrogens with two attached hydrogens (primary N) is 1. The molecule has 4 fully saturated rings. The van der Waals surface area contributed by atoms with Crippen molar-refractivity contribution < 1.29 is 29.2 Å². The zero-order valence-electron chi connectivity index (χ0n) is 34.9. The summed E-state index contributed by atoms with van der Waals surface area (Å²) in [6, 6.07) is 8.38. The molecular formula is C44H56FN9O5S. The fourth-order valence-electron chi connectivity index (χ4n) is 11.7. The average Bonchev–Trinajstić information content (AvgIpc) is 3.62. The zero-order chi connectivity index (χ0) is 42.5. The lowest BCUT2D eigenvalue weighted by Gasteiger charge is -2.69. The third-order valence-corrected chi connectivity index (χ3v) is 14.0. The molecule has 7 N–H and O–H groups in total. The number of carbonyl (C=O) groups is 1. The lowest BCUT2D eigenvalue weighted by Crippen LogP contribution is -2.64. The molecule has 4 bridgehead atoms. The van der Waals surface area contributed by atoms with Gasteiger partial charge in [0.05, 0.1) is 35.1 Å². The molecule has 14 nitrogen and oxygen atoms in total. The number of pyridine rings is 1. The summed E-state index contributed by atoms with van der Waals surface area (Å²) in [6.45, 7) is 11.4. The van der Waals surface area contributed by atoms with Gasteiger partial charge in [-0.05, 0) is 119 Å². The first-order valence-corrected chi connectivity index (χ1v) is 21.8. The first-order chi connectivity index (χ1) is 28.7. The number of hydrogen-bond donors (Lipinski definition) is 6. The van der Waals surface area contributed by atoms with Gasteiger partial charge in [0, 0.05) is 53.8 Å². The first-order valence-electron chi connectivity index (χ1n) is 20.9. The summed E-state index contributed by atoms with van der Waals surface area (Å²) in [4.78, 5) is 29.2. The highest BCUT2D eigenvalue weighted by atomic mass is 32.1. The molecule has 9 rings (SSSR count). The number of aliphatic hydroxyl groups is 2. The number of aromatic nitrogens is 4. The van der Waals surface area contributed by atoms with Gasteiger partial charge in [-0.25, -0.2) is 19.2 Å². The van der Waals surface area contributed by atoms with Gasteiger partial charge >= 0.3 is 5.97 Å². The van der Waals surface area contributed by atoms with Crippen molar-refractivity contribution in [3.8, 4) is 0 Å². The van der Waals surface area contributed by atoms with Gasteiger partial charge in [0.1, 0.15) is 11.6 Å². The second-order valence-electron chi connectivity index (χ2n) is 18.4. The van der Waals surface area contributed by atoms with E-state index in [1.165, 1.54) is 23.6 Å². The molecule has 0 spiro atoms. The number of aliphatic hydroxyl groups excluding tert-OH is 2. The monoisotopic (exact) mass is 841 g/mol. The number of nitrogens with zero attached hydrogens (tertiary/aromatic N) is 6. The number of ether oxygens (including phenoxy) is 1. The Balaban J connectivity index is 0.997. The second-order valence-corrected chi connectivity index (χ2v) is 19.4. The number of aromatic carboxylic acids is 1. The molecule has 0 saturated heterocycles. The number of aliphatic imine (C=N–C) groups is 1. The Morgan fingerprint density at radius 2 is 1.88 bits per heavy atom. The summed E-state index contributed by atoms with van der Waals surface area (Å²) in [5, 5.41) is 45.5. The number of allylic oxidation sites excluding steroid dienone is 1. The zero-order valence-corrected chi connectivity index (χ0v) is 35.7. The quantitative estimate of drug-likeness (QED) is 0.0515. The molecule has 2 unspecified atom stereocenters. The molecule has 3 aromatic heterocycles. The van der Waals surface area contributed by atoms with Crippen LogP contribution in [0.2, 0.25) is 0 Å². The van der Waals surface area contributed by atoms with E-state index in [0.29, 0.717) is 88.9 Å². The van der Waals surface area contributed by atoms with Crippen molar-refractivity contribution >= 4 is 61.4 Å². The number of hydrogen-bond acceptors (Lipinski definition) is 14. The lowest BCUT2D eigenvalue weighted by molar-refractivity contribution is -0.241. The predicted octanol–water partition coefficient (Wildman–Crippen LogP) is 6.68. The Bertz CT molecular complexity index is 2330. The average molecular weight is 842 g/mol. The standard InChI is InChI=1S/C44H56FN9O5S/c1-26-29-7-6-15-54(38(29)53-52-37(26)51-40-49-33-9-5-8-32(45)36(33)60-40)34-11-10-30(35(50-34)39(57)58)31(17-46)27(2)48-25-43-20-41(3)19-42(4,21-43)23-44(22-41,24-43)59-16-14-47-13-12-28(56)18-55/h5,8-11,17,28,47,55-56H,6-7,12-16,18-25,46H2,1-4H3,(H,57,58)(H,49,51,52)/b31-17+,48-27?/t28-,41?,42?,43?,44?/m0/s1. The predicted molar refractivity (Wildman–Crippen MR) is 232 cm³/mol. The van der Waals surface area contributed by atoms with Crippen LogP contribution in [-0.4, -0.2) is 98.3 Å². The second kappa shape index (κ2) is 16.3. The van der Waals surface area contributed by atoms with Crippen molar-refractivity contribution in [2.45, 2.75) is 97.2 Å². The van der Waals surface area contributed by atoms with E-state index in [0.717, 1.165) is 62.5 Å². The van der Waals surface area contributed by atoms with Gasteiger partial charge in [-0.1, -0.05) is 31.3 Å². The SMILES string of the molecule is CC(=NCC12CC3(C)CC(C)(C1)CC(OCCNCC[C@H](O)CO)(C3)C2)/C(=C\N)c1ccc(N2CCCc3c2nnc(Nc2nc4cccc(F)c4s2)c3C)nc1C(=O)O. The largest absolute Gasteiger partial charge is 0.476 e. The van der Waals surface area contributed by atoms with E-state index in [1.54, 1.807) is 24.3 Å². The summed E-state index contributed by atoms with van der Waals surface area (Å²) in [6.07, 6.45) is 9.00. The molecule has 60 heavy (non-hydrogen) atoms. The van der Waals surface area contributed by atoms with Crippen LogP contribution in [0.15, 0.2) is 41.5 Å². The number of rotatable bonds is 16. The van der Waals surface area contributed by atoms with E-state index in [4.69, 9.17) is 25.6 Å². The van der Waals surface area contributed by atoms with E-state index in [9.17, 15) is 19.4 Å². The molecule has 1 aromatic carbocycles. The fraction of sp³-hybridized carbons (Fsp3) is 0.545. The third kappa shape index (κ3) is 8.24. The number of nitrogens with one attached hydrogen (secondary N) is 2. The fourth-order valence-corrected chi connectivity index (χ4v) is 12.6. The van der Waals surface area contributed by atoms with Crippen LogP contribution in [0.1, 0.15) is 99.3 Å². The van der Waals surface area contributed by atoms with E-state index in [1.807, 2.05) is 18.7 Å². The van der Waals surface area contributed by atoms with Gasteiger partial charge in [-0.3, -0.25) is 4.99 Å². The van der Waals surface area contributed by atoms with E-state index >= 15 is 0 Å². The van der Waals surface area contributed by atoms with E-state index in [-0.39, 0.29) is 40.0 Å². The topological polar surface area (TPSA) is 204 Å². The highest BCUT2D eigenvalue weighted by Crippen LogP contribution is 2.71. The van der Waals surface area contributed by atoms with Crippen LogP contribution in [0.5, 0.6) is 0 Å². The number of anilines is 4. The van der Waals surface area contributed by atoms with Crippen LogP contribution in [-0.2, 0) is 11.2 Å². The number of benzene rings is 1. The Labute approximate surface area is 353 Å². The molecule has 0 amide bonds. The molecule has 16 heteroatoms. The van der Waals surface area contributed by atoms with Crippen LogP contribution in [0, 0.1) is 29.0 Å². The highest BCUT2D eigenvalue weighted by molar-refractivity contribution is 7.22. The van der Waals surface area contributed by atoms with E-state index in [2.05, 4.69) is 39.7 Å². The molecule has 4 aromatic rings. The summed E-state index contributed by atoms with van der Waals surface area (Å²) in [7, 11) is 0. The number of carboxylic acid groups (broad SMARTS) is 1. The summed E-state index contributed by atoms with van der Waals surface area (Å²) in [5.41, 5.74) is 10.1. The summed E-state index contributed by atoms with van der Waals surface area (Å²) < 4.78 is 21.6. The van der Waals surface area contributed by atoms with Gasteiger partial charge in [-0.15, -0.1) is 10.2 Å². The van der Waals surface area contributed by atoms with Crippen LogP contribution < -0.4 is 21.3 Å². The Kier molecular flexibility index (Phi) is 11.5. The van der Waals surface area contributed by atoms with Gasteiger partial charge in [0.25, 0.3) is 0 Å². The molecule has 4 heterocycles. The van der Waals surface area contributed by atoms with Crippen LogP contribution in [0.25, 0.3) is 15.8 Å². The minimum Gasteiger partial charge on any atom is -0.476 e. The molecule has 4 saturated carbocycles. The number of thiazole rings is 1. The van der Waals surface area contributed by atoms with Crippen molar-refractivity contribution in [1.29, 1.82) is 0 Å². The molecule has 5 aliphatic rings. The summed E-state index contributed by atoms with van der Waals surface area (Å²) in [5.74, 6) is 0.0764. The van der Waals surface area contributed by atoms with Gasteiger partial charge in [0.2, 0.25) is 0 Å².